The minimum absolute atomic E-state index is 0. The van der Waals surface area contributed by atoms with Crippen molar-refractivity contribution in [2.75, 3.05) is 0 Å². The summed E-state index contributed by atoms with van der Waals surface area (Å²) < 4.78 is 0. The van der Waals surface area contributed by atoms with Gasteiger partial charge in [0.05, 0.1) is 12.1 Å². The second kappa shape index (κ2) is 12.2. The van der Waals surface area contributed by atoms with Crippen LogP contribution in [0, 0.1) is 6.92 Å². The lowest BCUT2D eigenvalue weighted by molar-refractivity contribution is 0.0795. The predicted molar refractivity (Wildman–Crippen MR) is 130 cm³/mol. The molecule has 0 heterocycles. The van der Waals surface area contributed by atoms with Gasteiger partial charge in [-0.2, -0.15) is 0 Å². The van der Waals surface area contributed by atoms with Crippen molar-refractivity contribution >= 4 is 18.3 Å². The number of phenols is 1. The normalized spacial score (nSPS) is 13.5. The molecule has 170 valence electrons. The van der Waals surface area contributed by atoms with Gasteiger partial charge in [-0.05, 0) is 49.4 Å². The number of benzene rings is 3. The standard InChI is InChI=1S/C26H30N2O3.ClH/c1-18-22(13-8-14-24(18)29)26(31)28-23(16-20-11-6-3-7-12-20)25(30)17-21(27)15-19-9-4-2-5-10-19;/h2-14,21,23,25,29-30H,15-17,27H2,1H3,(H,28,31);1H. The van der Waals surface area contributed by atoms with Crippen LogP contribution in [0.1, 0.15) is 33.5 Å². The quantitative estimate of drug-likeness (QED) is 0.395. The van der Waals surface area contributed by atoms with Crippen LogP contribution in [0.15, 0.2) is 78.9 Å². The molecule has 5 nitrogen and oxygen atoms in total. The van der Waals surface area contributed by atoms with Gasteiger partial charge in [0, 0.05) is 17.2 Å². The van der Waals surface area contributed by atoms with Crippen LogP contribution < -0.4 is 11.1 Å². The summed E-state index contributed by atoms with van der Waals surface area (Å²) >= 11 is 0. The summed E-state index contributed by atoms with van der Waals surface area (Å²) in [6.45, 7) is 1.70. The molecule has 0 saturated heterocycles. The van der Waals surface area contributed by atoms with Crippen LogP contribution in [0.4, 0.5) is 0 Å². The number of phenolic OH excluding ortho intramolecular Hbond substituents is 1. The predicted octanol–water partition coefficient (Wildman–Crippen LogP) is 3.78. The lowest BCUT2D eigenvalue weighted by atomic mass is 9.93. The maximum atomic E-state index is 12.9. The summed E-state index contributed by atoms with van der Waals surface area (Å²) in [7, 11) is 0. The molecule has 0 aliphatic rings. The third-order valence-electron chi connectivity index (χ3n) is 5.51. The second-order valence-electron chi connectivity index (χ2n) is 7.97. The lowest BCUT2D eigenvalue weighted by Gasteiger charge is -2.27. The van der Waals surface area contributed by atoms with E-state index in [-0.39, 0.29) is 30.1 Å². The third kappa shape index (κ3) is 7.09. The number of aromatic hydroxyl groups is 1. The first-order chi connectivity index (χ1) is 14.9. The van der Waals surface area contributed by atoms with Gasteiger partial charge in [-0.3, -0.25) is 4.79 Å². The Hall–Kier alpha value is -2.86. The Morgan fingerprint density at radius 1 is 0.906 bits per heavy atom. The Balaban J connectivity index is 0.00000363. The number of nitrogens with two attached hydrogens (primary N) is 1. The van der Waals surface area contributed by atoms with Crippen molar-refractivity contribution in [3.8, 4) is 5.75 Å². The van der Waals surface area contributed by atoms with Gasteiger partial charge in [0.25, 0.3) is 5.91 Å². The van der Waals surface area contributed by atoms with E-state index >= 15 is 0 Å². The van der Waals surface area contributed by atoms with E-state index in [1.807, 2.05) is 60.7 Å². The number of aliphatic hydroxyl groups excluding tert-OH is 1. The number of halogens is 1. The molecule has 5 N–H and O–H groups in total. The van der Waals surface area contributed by atoms with E-state index < -0.39 is 12.1 Å². The minimum Gasteiger partial charge on any atom is -0.508 e. The molecule has 6 heteroatoms. The van der Waals surface area contributed by atoms with Gasteiger partial charge in [-0.25, -0.2) is 0 Å². The highest BCUT2D eigenvalue weighted by molar-refractivity contribution is 5.96. The Morgan fingerprint density at radius 3 is 2.06 bits per heavy atom. The molecule has 0 aliphatic heterocycles. The Bertz CT molecular complexity index is 983. The molecular weight excluding hydrogens is 424 g/mol. The van der Waals surface area contributed by atoms with E-state index in [9.17, 15) is 15.0 Å². The van der Waals surface area contributed by atoms with Crippen LogP contribution in [-0.2, 0) is 12.8 Å². The molecular formula is C26H31ClN2O3. The van der Waals surface area contributed by atoms with Gasteiger partial charge >= 0.3 is 0 Å². The van der Waals surface area contributed by atoms with Crippen molar-refractivity contribution in [2.24, 2.45) is 5.73 Å². The topological polar surface area (TPSA) is 95.6 Å². The SMILES string of the molecule is Cc1c(O)cccc1C(=O)NC(Cc1ccccc1)C(O)CC(N)Cc1ccccc1.Cl. The molecule has 0 aromatic heterocycles. The number of carbonyl (C=O) groups excluding carboxylic acids is 1. The molecule has 0 saturated carbocycles. The molecule has 0 fully saturated rings. The van der Waals surface area contributed by atoms with E-state index in [0.29, 0.717) is 30.4 Å². The van der Waals surface area contributed by atoms with Gasteiger partial charge < -0.3 is 21.3 Å². The van der Waals surface area contributed by atoms with E-state index in [1.165, 1.54) is 0 Å². The zero-order valence-electron chi connectivity index (χ0n) is 18.1. The first-order valence-corrected chi connectivity index (χ1v) is 10.5. The highest BCUT2D eigenvalue weighted by atomic mass is 35.5. The van der Waals surface area contributed by atoms with Crippen LogP contribution in [0.5, 0.6) is 5.75 Å². The molecule has 3 aromatic carbocycles. The monoisotopic (exact) mass is 454 g/mol. The van der Waals surface area contributed by atoms with Crippen molar-refractivity contribution in [1.29, 1.82) is 0 Å². The summed E-state index contributed by atoms with van der Waals surface area (Å²) in [6, 6.07) is 23.7. The molecule has 0 bridgehead atoms. The molecule has 3 rings (SSSR count). The fourth-order valence-corrected chi connectivity index (χ4v) is 3.74. The highest BCUT2D eigenvalue weighted by Crippen LogP contribution is 2.20. The van der Waals surface area contributed by atoms with E-state index in [4.69, 9.17) is 5.73 Å². The molecule has 0 radical (unpaired) electrons. The maximum absolute atomic E-state index is 12.9. The van der Waals surface area contributed by atoms with Gasteiger partial charge in [-0.15, -0.1) is 12.4 Å². The van der Waals surface area contributed by atoms with Gasteiger partial charge in [0.15, 0.2) is 0 Å². The van der Waals surface area contributed by atoms with Crippen LogP contribution in [-0.4, -0.2) is 34.3 Å². The number of carbonyl (C=O) groups is 1. The molecule has 3 unspecified atom stereocenters. The Kier molecular flexibility index (Phi) is 9.72. The fourth-order valence-electron chi connectivity index (χ4n) is 3.74. The van der Waals surface area contributed by atoms with Crippen molar-refractivity contribution in [3.05, 3.63) is 101 Å². The number of aliphatic hydroxyl groups is 1. The molecule has 3 atom stereocenters. The van der Waals surface area contributed by atoms with Crippen LogP contribution in [0.25, 0.3) is 0 Å². The highest BCUT2D eigenvalue weighted by Gasteiger charge is 2.25. The summed E-state index contributed by atoms with van der Waals surface area (Å²) in [5.74, 6) is -0.261. The first kappa shape index (κ1) is 25.4. The number of rotatable bonds is 9. The summed E-state index contributed by atoms with van der Waals surface area (Å²) in [6.07, 6.45) is 0.658. The minimum atomic E-state index is -0.819. The molecule has 0 aliphatic carbocycles. The molecule has 3 aromatic rings. The molecule has 0 spiro atoms. The zero-order chi connectivity index (χ0) is 22.2. The Morgan fingerprint density at radius 2 is 1.47 bits per heavy atom. The van der Waals surface area contributed by atoms with Crippen molar-refractivity contribution in [2.45, 2.75) is 44.4 Å². The van der Waals surface area contributed by atoms with Crippen molar-refractivity contribution in [3.63, 3.8) is 0 Å². The van der Waals surface area contributed by atoms with Gasteiger partial charge in [-0.1, -0.05) is 66.7 Å². The van der Waals surface area contributed by atoms with Crippen molar-refractivity contribution < 1.29 is 15.0 Å². The maximum Gasteiger partial charge on any atom is 0.252 e. The number of amides is 1. The molecule has 1 amide bonds. The first-order valence-electron chi connectivity index (χ1n) is 10.5. The van der Waals surface area contributed by atoms with Crippen LogP contribution in [0.3, 0.4) is 0 Å². The van der Waals surface area contributed by atoms with E-state index in [1.54, 1.807) is 25.1 Å². The number of hydrogen-bond donors (Lipinski definition) is 4. The van der Waals surface area contributed by atoms with Crippen LogP contribution >= 0.6 is 12.4 Å². The summed E-state index contributed by atoms with van der Waals surface area (Å²) in [5.41, 5.74) is 9.34. The van der Waals surface area contributed by atoms with Crippen molar-refractivity contribution in [1.82, 2.24) is 5.32 Å². The average molecular weight is 455 g/mol. The summed E-state index contributed by atoms with van der Waals surface area (Å²) in [5, 5.41) is 23.9. The fraction of sp³-hybridized carbons (Fsp3) is 0.269. The smallest absolute Gasteiger partial charge is 0.252 e. The van der Waals surface area contributed by atoms with Crippen LogP contribution in [0.2, 0.25) is 0 Å². The summed E-state index contributed by atoms with van der Waals surface area (Å²) in [4.78, 5) is 12.9. The van der Waals surface area contributed by atoms with E-state index in [0.717, 1.165) is 11.1 Å². The van der Waals surface area contributed by atoms with E-state index in [2.05, 4.69) is 5.32 Å². The number of nitrogens with one attached hydrogen (secondary N) is 1. The third-order valence-corrected chi connectivity index (χ3v) is 5.51. The number of hydrogen-bond acceptors (Lipinski definition) is 4. The average Bonchev–Trinajstić information content (AvgIpc) is 2.76. The zero-order valence-corrected chi connectivity index (χ0v) is 19.0. The lowest BCUT2D eigenvalue weighted by Crippen LogP contribution is -2.47. The molecule has 32 heavy (non-hydrogen) atoms. The second-order valence-corrected chi connectivity index (χ2v) is 7.97. The largest absolute Gasteiger partial charge is 0.508 e. The van der Waals surface area contributed by atoms with Gasteiger partial charge in [0.1, 0.15) is 5.75 Å². The van der Waals surface area contributed by atoms with Gasteiger partial charge in [0.2, 0.25) is 0 Å². The Labute approximate surface area is 195 Å².